The van der Waals surface area contributed by atoms with Crippen LogP contribution in [0.2, 0.25) is 0 Å². The number of hydrogen-bond donors (Lipinski definition) is 2. The molecule has 0 aliphatic heterocycles. The first-order chi connectivity index (χ1) is 10.0. The topological polar surface area (TPSA) is 49.3 Å². The maximum absolute atomic E-state index is 12.1. The van der Waals surface area contributed by atoms with Gasteiger partial charge in [0, 0.05) is 16.2 Å². The number of rotatable bonds is 6. The van der Waals surface area contributed by atoms with Crippen LogP contribution in [0.15, 0.2) is 41.8 Å². The standard InChI is InChI=1S/C16H19NO2S2/c1-16(19,14-4-3-9-21-14)11-17-15(18)13-7-5-12(6-8-13)10-20-2/h3-9,19H,10-11H2,1-2H3,(H,17,18). The Morgan fingerprint density at radius 2 is 2.05 bits per heavy atom. The van der Waals surface area contributed by atoms with Gasteiger partial charge in [0.1, 0.15) is 5.60 Å². The Labute approximate surface area is 133 Å². The summed E-state index contributed by atoms with van der Waals surface area (Å²) in [4.78, 5) is 13.0. The molecule has 3 nitrogen and oxygen atoms in total. The summed E-state index contributed by atoms with van der Waals surface area (Å²) in [7, 11) is 0. The van der Waals surface area contributed by atoms with E-state index in [1.165, 1.54) is 16.9 Å². The zero-order chi connectivity index (χ0) is 15.3. The number of nitrogens with one attached hydrogen (secondary N) is 1. The molecule has 21 heavy (non-hydrogen) atoms. The van der Waals surface area contributed by atoms with Crippen LogP contribution in [0.3, 0.4) is 0 Å². The third-order valence-electron chi connectivity index (χ3n) is 3.17. The molecule has 1 aromatic heterocycles. The minimum atomic E-state index is -1.04. The quantitative estimate of drug-likeness (QED) is 0.858. The van der Waals surface area contributed by atoms with Crippen LogP contribution in [0.4, 0.5) is 0 Å². The van der Waals surface area contributed by atoms with E-state index in [4.69, 9.17) is 0 Å². The van der Waals surface area contributed by atoms with Crippen molar-refractivity contribution in [2.45, 2.75) is 18.3 Å². The Morgan fingerprint density at radius 3 is 2.62 bits per heavy atom. The molecule has 2 rings (SSSR count). The number of amides is 1. The largest absolute Gasteiger partial charge is 0.383 e. The van der Waals surface area contributed by atoms with Crippen LogP contribution in [0, 0.1) is 0 Å². The molecule has 112 valence electrons. The van der Waals surface area contributed by atoms with Crippen LogP contribution >= 0.6 is 23.1 Å². The van der Waals surface area contributed by atoms with Crippen LogP contribution in [-0.4, -0.2) is 23.8 Å². The highest BCUT2D eigenvalue weighted by Crippen LogP contribution is 2.24. The van der Waals surface area contributed by atoms with E-state index in [0.717, 1.165) is 10.6 Å². The van der Waals surface area contributed by atoms with Gasteiger partial charge < -0.3 is 10.4 Å². The first kappa shape index (κ1) is 16.1. The molecule has 0 aliphatic rings. The summed E-state index contributed by atoms with van der Waals surface area (Å²) in [6, 6.07) is 11.3. The van der Waals surface area contributed by atoms with Gasteiger partial charge in [-0.3, -0.25) is 4.79 Å². The number of hydrogen-bond acceptors (Lipinski definition) is 4. The van der Waals surface area contributed by atoms with Crippen LogP contribution in [0.25, 0.3) is 0 Å². The highest BCUT2D eigenvalue weighted by molar-refractivity contribution is 7.97. The molecule has 0 fully saturated rings. The molecule has 1 heterocycles. The van der Waals surface area contributed by atoms with Crippen molar-refractivity contribution in [2.24, 2.45) is 0 Å². The van der Waals surface area contributed by atoms with Crippen molar-refractivity contribution >= 4 is 29.0 Å². The summed E-state index contributed by atoms with van der Waals surface area (Å²) in [6.45, 7) is 1.90. The summed E-state index contributed by atoms with van der Waals surface area (Å²) in [5.41, 5.74) is 0.772. The maximum atomic E-state index is 12.1. The van der Waals surface area contributed by atoms with Crippen molar-refractivity contribution in [3.63, 3.8) is 0 Å². The normalized spacial score (nSPS) is 13.7. The number of benzene rings is 1. The van der Waals surface area contributed by atoms with E-state index in [2.05, 4.69) is 5.32 Å². The highest BCUT2D eigenvalue weighted by Gasteiger charge is 2.24. The van der Waals surface area contributed by atoms with Gasteiger partial charge in [-0.05, 0) is 42.3 Å². The number of thiophene rings is 1. The van der Waals surface area contributed by atoms with Crippen molar-refractivity contribution in [2.75, 3.05) is 12.8 Å². The minimum Gasteiger partial charge on any atom is -0.383 e. The predicted molar refractivity (Wildman–Crippen MR) is 89.9 cm³/mol. The lowest BCUT2D eigenvalue weighted by Crippen LogP contribution is -2.38. The van der Waals surface area contributed by atoms with Crippen molar-refractivity contribution in [3.8, 4) is 0 Å². The van der Waals surface area contributed by atoms with Gasteiger partial charge in [-0.1, -0.05) is 18.2 Å². The van der Waals surface area contributed by atoms with E-state index >= 15 is 0 Å². The van der Waals surface area contributed by atoms with E-state index in [0.29, 0.717) is 5.56 Å². The molecule has 0 radical (unpaired) electrons. The number of thioether (sulfide) groups is 1. The first-order valence-electron chi connectivity index (χ1n) is 6.65. The number of aliphatic hydroxyl groups is 1. The Morgan fingerprint density at radius 1 is 1.33 bits per heavy atom. The number of carbonyl (C=O) groups excluding carboxylic acids is 1. The summed E-state index contributed by atoms with van der Waals surface area (Å²) >= 11 is 3.23. The summed E-state index contributed by atoms with van der Waals surface area (Å²) in [6.07, 6.45) is 2.05. The summed E-state index contributed by atoms with van der Waals surface area (Å²) in [5, 5.41) is 15.1. The van der Waals surface area contributed by atoms with E-state index in [9.17, 15) is 9.90 Å². The van der Waals surface area contributed by atoms with Gasteiger partial charge >= 0.3 is 0 Å². The summed E-state index contributed by atoms with van der Waals surface area (Å²) < 4.78 is 0. The molecule has 1 aromatic carbocycles. The van der Waals surface area contributed by atoms with Gasteiger partial charge in [0.15, 0.2) is 0 Å². The molecule has 1 atom stereocenters. The third-order valence-corrected chi connectivity index (χ3v) is 4.92. The lowest BCUT2D eigenvalue weighted by atomic mass is 10.0. The van der Waals surface area contributed by atoms with Crippen LogP contribution in [-0.2, 0) is 11.4 Å². The monoisotopic (exact) mass is 321 g/mol. The minimum absolute atomic E-state index is 0.164. The number of carbonyl (C=O) groups is 1. The zero-order valence-corrected chi connectivity index (χ0v) is 13.8. The molecular weight excluding hydrogens is 302 g/mol. The van der Waals surface area contributed by atoms with Gasteiger partial charge in [0.2, 0.25) is 0 Å². The Bertz CT molecular complexity index is 577. The maximum Gasteiger partial charge on any atom is 0.251 e. The van der Waals surface area contributed by atoms with Gasteiger partial charge in [-0.2, -0.15) is 11.8 Å². The van der Waals surface area contributed by atoms with Crippen LogP contribution in [0.5, 0.6) is 0 Å². The fraction of sp³-hybridized carbons (Fsp3) is 0.312. The average Bonchev–Trinajstić information content (AvgIpc) is 3.01. The Kier molecular flexibility index (Phi) is 5.45. The SMILES string of the molecule is CSCc1ccc(C(=O)NCC(C)(O)c2cccs2)cc1. The zero-order valence-electron chi connectivity index (χ0n) is 12.1. The highest BCUT2D eigenvalue weighted by atomic mass is 32.2. The van der Waals surface area contributed by atoms with Gasteiger partial charge in [0.05, 0.1) is 6.54 Å². The molecule has 1 amide bonds. The molecular formula is C16H19NO2S2. The van der Waals surface area contributed by atoms with E-state index < -0.39 is 5.60 Å². The van der Waals surface area contributed by atoms with Crippen LogP contribution in [0.1, 0.15) is 27.7 Å². The summed E-state index contributed by atoms with van der Waals surface area (Å²) in [5.74, 6) is 0.775. The van der Waals surface area contributed by atoms with E-state index in [1.54, 1.807) is 18.7 Å². The van der Waals surface area contributed by atoms with Gasteiger partial charge in [0.25, 0.3) is 5.91 Å². The molecule has 1 unspecified atom stereocenters. The fourth-order valence-electron chi connectivity index (χ4n) is 1.95. The van der Waals surface area contributed by atoms with Crippen molar-refractivity contribution in [1.29, 1.82) is 0 Å². The van der Waals surface area contributed by atoms with Crippen molar-refractivity contribution in [3.05, 3.63) is 57.8 Å². The molecule has 0 aliphatic carbocycles. The molecule has 0 saturated heterocycles. The smallest absolute Gasteiger partial charge is 0.251 e. The molecule has 0 saturated carbocycles. The average molecular weight is 321 g/mol. The van der Waals surface area contributed by atoms with Crippen molar-refractivity contribution < 1.29 is 9.90 Å². The molecule has 5 heteroatoms. The van der Waals surface area contributed by atoms with Gasteiger partial charge in [-0.15, -0.1) is 11.3 Å². The van der Waals surface area contributed by atoms with Gasteiger partial charge in [-0.25, -0.2) is 0 Å². The van der Waals surface area contributed by atoms with E-state index in [1.807, 2.05) is 48.0 Å². The molecule has 0 spiro atoms. The first-order valence-corrected chi connectivity index (χ1v) is 8.93. The predicted octanol–water partition coefficient (Wildman–Crippen LogP) is 3.25. The lowest BCUT2D eigenvalue weighted by molar-refractivity contribution is 0.0557. The fourth-order valence-corrected chi connectivity index (χ4v) is 3.26. The van der Waals surface area contributed by atoms with Crippen molar-refractivity contribution in [1.82, 2.24) is 5.32 Å². The molecule has 0 bridgehead atoms. The third kappa shape index (κ3) is 4.33. The molecule has 2 aromatic rings. The molecule has 2 N–H and O–H groups in total. The van der Waals surface area contributed by atoms with E-state index in [-0.39, 0.29) is 12.5 Å². The second-order valence-electron chi connectivity index (χ2n) is 5.06. The second-order valence-corrected chi connectivity index (χ2v) is 6.88. The second kappa shape index (κ2) is 7.11. The Hall–Kier alpha value is -1.30. The lowest BCUT2D eigenvalue weighted by Gasteiger charge is -2.22. The van der Waals surface area contributed by atoms with Crippen LogP contribution < -0.4 is 5.32 Å². The Balaban J connectivity index is 1.95.